The molecule has 0 N–H and O–H groups in total. The van der Waals surface area contributed by atoms with Crippen LogP contribution in [0.5, 0.6) is 0 Å². The van der Waals surface area contributed by atoms with Gasteiger partial charge >= 0.3 is 0 Å². The Balaban J connectivity index is 2.06. The third kappa shape index (κ3) is 1.83. The molecule has 0 saturated heterocycles. The highest BCUT2D eigenvalue weighted by Crippen LogP contribution is 2.31. The molecule has 0 amide bonds. The summed E-state index contributed by atoms with van der Waals surface area (Å²) in [4.78, 5) is 4.45. The van der Waals surface area contributed by atoms with E-state index in [4.69, 9.17) is 0 Å². The first-order valence-electron chi connectivity index (χ1n) is 7.14. The molecule has 102 valence electrons. The maximum absolute atomic E-state index is 4.45. The van der Waals surface area contributed by atoms with Crippen LogP contribution in [-0.2, 0) is 7.05 Å². The number of benzene rings is 2. The van der Waals surface area contributed by atoms with Crippen molar-refractivity contribution in [2.45, 2.75) is 6.92 Å². The van der Waals surface area contributed by atoms with Crippen LogP contribution in [0.2, 0.25) is 0 Å². The lowest BCUT2D eigenvalue weighted by molar-refractivity contribution is 1.01. The number of hydrogen-bond acceptors (Lipinski definition) is 1. The summed E-state index contributed by atoms with van der Waals surface area (Å²) >= 11 is 0. The van der Waals surface area contributed by atoms with E-state index in [9.17, 15) is 0 Å². The molecule has 2 aromatic heterocycles. The van der Waals surface area contributed by atoms with Crippen molar-refractivity contribution in [3.05, 3.63) is 66.4 Å². The Kier molecular flexibility index (Phi) is 2.58. The molecule has 0 spiro atoms. The Labute approximate surface area is 123 Å². The molecule has 0 saturated carbocycles. The smallest absolute Gasteiger partial charge is 0.0702 e. The van der Waals surface area contributed by atoms with Crippen LogP contribution in [-0.4, -0.2) is 9.55 Å². The molecule has 0 aliphatic carbocycles. The molecule has 0 fully saturated rings. The molecule has 2 aromatic carbocycles. The van der Waals surface area contributed by atoms with Gasteiger partial charge in [-0.05, 0) is 42.8 Å². The normalized spacial score (nSPS) is 11.3. The topological polar surface area (TPSA) is 17.8 Å². The van der Waals surface area contributed by atoms with Gasteiger partial charge in [0.2, 0.25) is 0 Å². The van der Waals surface area contributed by atoms with Crippen molar-refractivity contribution in [1.82, 2.24) is 9.55 Å². The molecule has 21 heavy (non-hydrogen) atoms. The number of aryl methyl sites for hydroxylation is 2. The van der Waals surface area contributed by atoms with Gasteiger partial charge in [-0.1, -0.05) is 24.3 Å². The van der Waals surface area contributed by atoms with Gasteiger partial charge in [0, 0.05) is 40.6 Å². The van der Waals surface area contributed by atoms with Crippen molar-refractivity contribution in [1.29, 1.82) is 0 Å². The Morgan fingerprint density at radius 3 is 2.57 bits per heavy atom. The van der Waals surface area contributed by atoms with Crippen LogP contribution < -0.4 is 0 Å². The van der Waals surface area contributed by atoms with E-state index in [1.54, 1.807) is 0 Å². The third-order valence-electron chi connectivity index (χ3n) is 4.12. The average Bonchev–Trinajstić information content (AvgIpc) is 2.80. The quantitative estimate of drug-likeness (QED) is 0.491. The molecule has 0 radical (unpaired) electrons. The maximum atomic E-state index is 4.45. The van der Waals surface area contributed by atoms with Crippen molar-refractivity contribution in [3.8, 4) is 11.3 Å². The number of rotatable bonds is 1. The second kappa shape index (κ2) is 4.45. The van der Waals surface area contributed by atoms with Crippen LogP contribution in [0, 0.1) is 6.92 Å². The Hall–Kier alpha value is -2.61. The zero-order valence-corrected chi connectivity index (χ0v) is 12.2. The molecule has 4 aromatic rings. The highest BCUT2D eigenvalue weighted by molar-refractivity contribution is 6.09. The summed E-state index contributed by atoms with van der Waals surface area (Å²) in [7, 11) is 2.13. The highest BCUT2D eigenvalue weighted by atomic mass is 14.9. The summed E-state index contributed by atoms with van der Waals surface area (Å²) in [5.74, 6) is 0. The van der Waals surface area contributed by atoms with Crippen molar-refractivity contribution in [2.24, 2.45) is 7.05 Å². The van der Waals surface area contributed by atoms with Crippen LogP contribution in [0.3, 0.4) is 0 Å². The summed E-state index contributed by atoms with van der Waals surface area (Å²) in [5.41, 5.74) is 6.01. The van der Waals surface area contributed by atoms with Gasteiger partial charge in [-0.2, -0.15) is 0 Å². The summed E-state index contributed by atoms with van der Waals surface area (Å²) in [5, 5.41) is 2.59. The van der Waals surface area contributed by atoms with E-state index in [0.717, 1.165) is 11.3 Å². The maximum Gasteiger partial charge on any atom is 0.0702 e. The van der Waals surface area contributed by atoms with E-state index in [1.165, 1.54) is 27.4 Å². The van der Waals surface area contributed by atoms with Gasteiger partial charge in [0.15, 0.2) is 0 Å². The average molecular weight is 272 g/mol. The van der Waals surface area contributed by atoms with Gasteiger partial charge in [0.05, 0.1) is 5.69 Å². The van der Waals surface area contributed by atoms with E-state index in [-0.39, 0.29) is 0 Å². The fourth-order valence-corrected chi connectivity index (χ4v) is 3.01. The fourth-order valence-electron chi connectivity index (χ4n) is 3.01. The van der Waals surface area contributed by atoms with Crippen LogP contribution in [0.25, 0.3) is 33.1 Å². The molecule has 2 nitrogen and oxygen atoms in total. The first-order valence-corrected chi connectivity index (χ1v) is 7.14. The van der Waals surface area contributed by atoms with E-state index < -0.39 is 0 Å². The van der Waals surface area contributed by atoms with E-state index in [0.29, 0.717) is 0 Å². The summed E-state index contributed by atoms with van der Waals surface area (Å²) < 4.78 is 2.26. The lowest BCUT2D eigenvalue weighted by Crippen LogP contribution is -1.87. The van der Waals surface area contributed by atoms with Crippen molar-refractivity contribution in [2.75, 3.05) is 0 Å². The fraction of sp³-hybridized carbons (Fsp3) is 0.105. The summed E-state index contributed by atoms with van der Waals surface area (Å²) in [6.45, 7) is 2.14. The predicted molar refractivity (Wildman–Crippen MR) is 88.4 cm³/mol. The van der Waals surface area contributed by atoms with E-state index in [1.807, 2.05) is 18.3 Å². The summed E-state index contributed by atoms with van der Waals surface area (Å²) in [6.07, 6.45) is 1.84. The molecule has 0 aliphatic rings. The zero-order chi connectivity index (χ0) is 14.4. The van der Waals surface area contributed by atoms with Gasteiger partial charge < -0.3 is 4.57 Å². The molecule has 0 bridgehead atoms. The van der Waals surface area contributed by atoms with E-state index in [2.05, 4.69) is 66.0 Å². The highest BCUT2D eigenvalue weighted by Gasteiger charge is 2.09. The monoisotopic (exact) mass is 272 g/mol. The molecule has 4 rings (SSSR count). The first kappa shape index (κ1) is 12.2. The van der Waals surface area contributed by atoms with Gasteiger partial charge in [-0.3, -0.25) is 4.98 Å². The molecule has 0 unspecified atom stereocenters. The Morgan fingerprint density at radius 1 is 0.857 bits per heavy atom. The second-order valence-corrected chi connectivity index (χ2v) is 5.53. The molecule has 0 atom stereocenters. The summed E-state index contributed by atoms with van der Waals surface area (Å²) in [6, 6.07) is 19.2. The van der Waals surface area contributed by atoms with E-state index >= 15 is 0 Å². The zero-order valence-electron chi connectivity index (χ0n) is 12.2. The predicted octanol–water partition coefficient (Wildman–Crippen LogP) is 4.70. The van der Waals surface area contributed by atoms with Gasteiger partial charge in [-0.25, -0.2) is 0 Å². The van der Waals surface area contributed by atoms with Crippen molar-refractivity contribution in [3.63, 3.8) is 0 Å². The van der Waals surface area contributed by atoms with Crippen LogP contribution in [0.4, 0.5) is 0 Å². The number of pyridine rings is 1. The molecular weight excluding hydrogens is 256 g/mol. The van der Waals surface area contributed by atoms with Gasteiger partial charge in [-0.15, -0.1) is 0 Å². The van der Waals surface area contributed by atoms with Crippen molar-refractivity contribution >= 4 is 21.8 Å². The minimum atomic E-state index is 1.02. The lowest BCUT2D eigenvalue weighted by Gasteiger charge is -2.02. The van der Waals surface area contributed by atoms with Gasteiger partial charge in [0.25, 0.3) is 0 Å². The number of aromatic nitrogens is 2. The third-order valence-corrected chi connectivity index (χ3v) is 4.12. The molecular formula is C19H16N2. The number of nitrogens with zero attached hydrogens (tertiary/aromatic N) is 2. The minimum absolute atomic E-state index is 1.02. The molecule has 0 aliphatic heterocycles. The Bertz CT molecular complexity index is 950. The number of fused-ring (bicyclic) bond motifs is 3. The largest absolute Gasteiger partial charge is 0.344 e. The molecule has 2 heterocycles. The second-order valence-electron chi connectivity index (χ2n) is 5.53. The Morgan fingerprint density at radius 2 is 1.76 bits per heavy atom. The van der Waals surface area contributed by atoms with Crippen LogP contribution in [0.15, 0.2) is 60.8 Å². The van der Waals surface area contributed by atoms with Crippen molar-refractivity contribution < 1.29 is 0 Å². The van der Waals surface area contributed by atoms with Gasteiger partial charge in [0.1, 0.15) is 0 Å². The van der Waals surface area contributed by atoms with Crippen LogP contribution in [0.1, 0.15) is 5.56 Å². The number of hydrogen-bond donors (Lipinski definition) is 0. The minimum Gasteiger partial charge on any atom is -0.344 e. The molecule has 2 heteroatoms. The standard InChI is InChI=1S/C19H16N2/c1-13-6-8-15-16-12-14(17-5-3-4-10-20-17)7-9-18(16)21(2)19(15)11-13/h3-12H,1-2H3. The van der Waals surface area contributed by atoms with Crippen LogP contribution >= 0.6 is 0 Å². The first-order chi connectivity index (χ1) is 10.2. The lowest BCUT2D eigenvalue weighted by atomic mass is 10.1. The SMILES string of the molecule is Cc1ccc2c3cc(-c4ccccn4)ccc3n(C)c2c1.